The summed E-state index contributed by atoms with van der Waals surface area (Å²) >= 11 is 0. The first-order chi connectivity index (χ1) is 11.1. The molecule has 1 heterocycles. The fourth-order valence-electron chi connectivity index (χ4n) is 2.06. The molecule has 0 aliphatic carbocycles. The van der Waals surface area contributed by atoms with Crippen molar-refractivity contribution in [1.82, 2.24) is 0 Å². The molecule has 0 amide bonds. The Morgan fingerprint density at radius 3 is 2.08 bits per heavy atom. The molecule has 0 aromatic heterocycles. The number of carbonyl (C=O) groups is 1. The lowest BCUT2D eigenvalue weighted by Gasteiger charge is -2.40. The fraction of sp³-hybridized carbons (Fsp3) is 0.917. The highest BCUT2D eigenvalue weighted by atomic mass is 16.7. The van der Waals surface area contributed by atoms with Crippen molar-refractivity contribution in [2.75, 3.05) is 13.2 Å². The van der Waals surface area contributed by atoms with Crippen molar-refractivity contribution in [1.29, 1.82) is 0 Å². The average molecular weight is 358 g/mol. The molecule has 1 aliphatic heterocycles. The van der Waals surface area contributed by atoms with Crippen LogP contribution in [-0.2, 0) is 14.3 Å². The van der Waals surface area contributed by atoms with E-state index in [2.05, 4.69) is 0 Å². The highest BCUT2D eigenvalue weighted by Gasteiger charge is 2.44. The average Bonchev–Trinajstić information content (AvgIpc) is 2.56. The van der Waals surface area contributed by atoms with E-state index in [1.807, 2.05) is 0 Å². The minimum atomic E-state index is -2.35. The Morgan fingerprint density at radius 1 is 1.00 bits per heavy atom. The third kappa shape index (κ3) is 4.80. The summed E-state index contributed by atoms with van der Waals surface area (Å²) in [4.78, 5) is 10.5. The van der Waals surface area contributed by atoms with Crippen LogP contribution in [0.15, 0.2) is 0 Å². The first-order valence-electron chi connectivity index (χ1n) is 6.99. The van der Waals surface area contributed by atoms with E-state index in [0.29, 0.717) is 0 Å². The normalized spacial score (nSPS) is 35.9. The number of aliphatic hydroxyl groups is 8. The van der Waals surface area contributed by atoms with Gasteiger partial charge in [0.05, 0.1) is 13.2 Å². The molecule has 12 heteroatoms. The summed E-state index contributed by atoms with van der Waals surface area (Å²) in [6.45, 7) is -1.48. The van der Waals surface area contributed by atoms with Crippen LogP contribution in [0.2, 0.25) is 0 Å². The smallest absolute Gasteiger partial charge is 0.335 e. The van der Waals surface area contributed by atoms with Crippen LogP contribution in [0, 0.1) is 0 Å². The van der Waals surface area contributed by atoms with Gasteiger partial charge in [-0.25, -0.2) is 4.79 Å². The van der Waals surface area contributed by atoms with E-state index in [1.54, 1.807) is 0 Å². The maximum absolute atomic E-state index is 10.5. The van der Waals surface area contributed by atoms with Gasteiger partial charge in [-0.15, -0.1) is 0 Å². The molecule has 9 atom stereocenters. The van der Waals surface area contributed by atoms with Crippen LogP contribution in [0.5, 0.6) is 0 Å². The van der Waals surface area contributed by atoms with Gasteiger partial charge in [0.1, 0.15) is 42.7 Å². The molecule has 0 aromatic rings. The van der Waals surface area contributed by atoms with Gasteiger partial charge in [0, 0.05) is 0 Å². The Balaban J connectivity index is 2.59. The lowest BCUT2D eigenvalue weighted by Crippen LogP contribution is -2.59. The molecule has 142 valence electrons. The van der Waals surface area contributed by atoms with E-state index in [9.17, 15) is 35.4 Å². The molecular formula is C12H22O12. The molecule has 0 aromatic carbocycles. The van der Waals surface area contributed by atoms with Gasteiger partial charge in [-0.05, 0) is 0 Å². The maximum Gasteiger partial charge on any atom is 0.335 e. The van der Waals surface area contributed by atoms with Crippen molar-refractivity contribution in [2.24, 2.45) is 0 Å². The van der Waals surface area contributed by atoms with E-state index in [1.165, 1.54) is 0 Å². The predicted octanol–water partition coefficient (Wildman–Crippen LogP) is -5.67. The second kappa shape index (κ2) is 8.96. The zero-order valence-corrected chi connectivity index (χ0v) is 12.4. The van der Waals surface area contributed by atoms with Gasteiger partial charge in [-0.1, -0.05) is 0 Å². The third-order valence-electron chi connectivity index (χ3n) is 3.60. The van der Waals surface area contributed by atoms with Crippen molar-refractivity contribution in [3.05, 3.63) is 0 Å². The van der Waals surface area contributed by atoms with Gasteiger partial charge >= 0.3 is 5.97 Å². The van der Waals surface area contributed by atoms with Gasteiger partial charge in [-0.2, -0.15) is 0 Å². The number of rotatable bonds is 8. The molecule has 0 bridgehead atoms. The van der Waals surface area contributed by atoms with Crippen LogP contribution >= 0.6 is 0 Å². The highest BCUT2D eigenvalue weighted by molar-refractivity contribution is 5.72. The van der Waals surface area contributed by atoms with Crippen molar-refractivity contribution >= 4 is 5.97 Å². The lowest BCUT2D eigenvalue weighted by atomic mass is 9.99. The summed E-state index contributed by atoms with van der Waals surface area (Å²) in [6, 6.07) is 0. The lowest BCUT2D eigenvalue weighted by molar-refractivity contribution is -0.306. The summed E-state index contributed by atoms with van der Waals surface area (Å²) < 4.78 is 9.89. The van der Waals surface area contributed by atoms with Crippen molar-refractivity contribution < 1.29 is 60.2 Å². The quantitative estimate of drug-likeness (QED) is 0.198. The Bertz CT molecular complexity index is 403. The van der Waals surface area contributed by atoms with Gasteiger partial charge in [0.15, 0.2) is 12.4 Å². The monoisotopic (exact) mass is 358 g/mol. The van der Waals surface area contributed by atoms with Crippen LogP contribution in [0.25, 0.3) is 0 Å². The molecule has 0 saturated carbocycles. The summed E-state index contributed by atoms with van der Waals surface area (Å²) in [5.41, 5.74) is 0. The Morgan fingerprint density at radius 2 is 1.58 bits per heavy atom. The van der Waals surface area contributed by atoms with Crippen LogP contribution in [0.1, 0.15) is 0 Å². The number of aliphatic carboxylic acids is 1. The SMILES string of the molecule is O=C(O)[C@H](O)[C@@H](O)[C@H](O)[C@H](O)CO[C@H]1O[C@H](CO)[C@@H](O)[C@H](O)[C@H]1O. The molecule has 0 radical (unpaired) electrons. The molecule has 12 nitrogen and oxygen atoms in total. The first kappa shape index (κ1) is 21.1. The van der Waals surface area contributed by atoms with Crippen molar-refractivity contribution in [2.45, 2.75) is 55.1 Å². The first-order valence-corrected chi connectivity index (χ1v) is 6.99. The predicted molar refractivity (Wildman–Crippen MR) is 71.4 cm³/mol. The summed E-state index contributed by atoms with van der Waals surface area (Å²) in [5, 5.41) is 84.0. The Hall–Kier alpha value is -0.930. The van der Waals surface area contributed by atoms with E-state index >= 15 is 0 Å². The third-order valence-corrected chi connectivity index (χ3v) is 3.60. The zero-order valence-electron chi connectivity index (χ0n) is 12.4. The molecule has 9 N–H and O–H groups in total. The van der Waals surface area contributed by atoms with E-state index < -0.39 is 74.3 Å². The molecule has 24 heavy (non-hydrogen) atoms. The molecule has 1 rings (SSSR count). The van der Waals surface area contributed by atoms with Crippen LogP contribution in [0.4, 0.5) is 0 Å². The number of hydrogen-bond acceptors (Lipinski definition) is 11. The number of hydrogen-bond donors (Lipinski definition) is 9. The standard InChI is InChI=1S/C12H22O12/c13-1-4-6(16)8(18)10(20)12(24-4)23-2-3(14)5(15)7(17)9(19)11(21)22/h3-10,12-20H,1-2H2,(H,21,22)/t3-,4-,5-,6-,7+,8+,9-,10-,12+/m1/s1. The van der Waals surface area contributed by atoms with Crippen LogP contribution < -0.4 is 0 Å². The molecule has 1 fully saturated rings. The Kier molecular flexibility index (Phi) is 7.88. The molecule has 0 unspecified atom stereocenters. The van der Waals surface area contributed by atoms with Crippen molar-refractivity contribution in [3.8, 4) is 0 Å². The molecular weight excluding hydrogens is 336 g/mol. The minimum Gasteiger partial charge on any atom is -0.479 e. The molecule has 1 saturated heterocycles. The largest absolute Gasteiger partial charge is 0.479 e. The van der Waals surface area contributed by atoms with Crippen LogP contribution in [0.3, 0.4) is 0 Å². The summed E-state index contributed by atoms with van der Waals surface area (Å²) in [6.07, 6.45) is -16.4. The second-order valence-electron chi connectivity index (χ2n) is 5.36. The summed E-state index contributed by atoms with van der Waals surface area (Å²) in [5.74, 6) is -1.82. The number of ether oxygens (including phenoxy) is 2. The molecule has 1 aliphatic rings. The number of carboxylic acid groups (broad SMARTS) is 1. The second-order valence-corrected chi connectivity index (χ2v) is 5.36. The van der Waals surface area contributed by atoms with Gasteiger partial charge in [0.2, 0.25) is 0 Å². The van der Waals surface area contributed by atoms with E-state index in [0.717, 1.165) is 0 Å². The fourth-order valence-corrected chi connectivity index (χ4v) is 2.06. The Labute approximate surface area is 135 Å². The topological polar surface area (TPSA) is 218 Å². The van der Waals surface area contributed by atoms with Crippen molar-refractivity contribution in [3.63, 3.8) is 0 Å². The number of carboxylic acids is 1. The maximum atomic E-state index is 10.5. The minimum absolute atomic E-state index is 0.695. The van der Waals surface area contributed by atoms with E-state index in [-0.39, 0.29) is 0 Å². The van der Waals surface area contributed by atoms with Gasteiger partial charge < -0.3 is 55.4 Å². The van der Waals surface area contributed by atoms with Gasteiger partial charge in [0.25, 0.3) is 0 Å². The van der Waals surface area contributed by atoms with Gasteiger partial charge in [-0.3, -0.25) is 0 Å². The summed E-state index contributed by atoms with van der Waals surface area (Å²) in [7, 11) is 0. The van der Waals surface area contributed by atoms with Crippen LogP contribution in [-0.4, -0.2) is 120 Å². The number of aliphatic hydroxyl groups excluding tert-OH is 8. The highest BCUT2D eigenvalue weighted by Crippen LogP contribution is 2.22. The zero-order chi connectivity index (χ0) is 18.6. The van der Waals surface area contributed by atoms with E-state index in [4.69, 9.17) is 24.8 Å². The molecule has 0 spiro atoms.